The maximum atomic E-state index is 12.5. The summed E-state index contributed by atoms with van der Waals surface area (Å²) in [5.41, 5.74) is 0.389. The van der Waals surface area contributed by atoms with Crippen LogP contribution in [0.25, 0.3) is 11.3 Å². The van der Waals surface area contributed by atoms with E-state index in [9.17, 15) is 14.7 Å². The minimum absolute atomic E-state index is 0.138. The van der Waals surface area contributed by atoms with E-state index < -0.39 is 11.4 Å². The molecule has 0 spiro atoms. The topological polar surface area (TPSA) is 87.0 Å². The van der Waals surface area contributed by atoms with Gasteiger partial charge in [0.25, 0.3) is 0 Å². The highest BCUT2D eigenvalue weighted by Crippen LogP contribution is 2.42. The molecule has 0 saturated heterocycles. The summed E-state index contributed by atoms with van der Waals surface area (Å²) in [6, 6.07) is 4.64. The lowest BCUT2D eigenvalue weighted by molar-refractivity contribution is 0.0693. The van der Waals surface area contributed by atoms with Crippen LogP contribution >= 0.6 is 11.6 Å². The molecule has 0 aliphatic carbocycles. The average molecular weight is 436 g/mol. The normalized spacial score (nSPS) is 16.1. The number of methoxy groups -OCH3 is 1. The smallest absolute Gasteiger partial charge is 0.341 e. The molecule has 1 aliphatic rings. The predicted octanol–water partition coefficient (Wildman–Crippen LogP) is 4.26. The van der Waals surface area contributed by atoms with Crippen molar-refractivity contribution in [2.45, 2.75) is 32.7 Å². The minimum atomic E-state index is -1.25. The second kappa shape index (κ2) is 9.53. The van der Waals surface area contributed by atoms with Gasteiger partial charge in [0.1, 0.15) is 23.7 Å². The summed E-state index contributed by atoms with van der Waals surface area (Å²) in [6.45, 7) is 5.49. The minimum Gasteiger partial charge on any atom is -0.492 e. The molecule has 162 valence electrons. The number of benzene rings is 1. The van der Waals surface area contributed by atoms with E-state index in [1.54, 1.807) is 19.2 Å². The van der Waals surface area contributed by atoms with E-state index >= 15 is 0 Å². The third-order valence-electron chi connectivity index (χ3n) is 5.44. The molecule has 0 saturated carbocycles. The molecule has 8 heteroatoms. The average Bonchev–Trinajstić information content (AvgIpc) is 2.86. The fourth-order valence-corrected chi connectivity index (χ4v) is 3.74. The maximum Gasteiger partial charge on any atom is 0.341 e. The summed E-state index contributed by atoms with van der Waals surface area (Å²) in [6.07, 6.45) is 3.00. The van der Waals surface area contributed by atoms with Crippen molar-refractivity contribution in [2.24, 2.45) is 5.92 Å². The van der Waals surface area contributed by atoms with Crippen LogP contribution in [0.4, 0.5) is 0 Å². The van der Waals surface area contributed by atoms with Crippen molar-refractivity contribution in [2.75, 3.05) is 26.9 Å². The second-order valence-electron chi connectivity index (χ2n) is 7.39. The van der Waals surface area contributed by atoms with E-state index in [0.29, 0.717) is 47.6 Å². The van der Waals surface area contributed by atoms with Gasteiger partial charge in [0, 0.05) is 44.0 Å². The number of pyridine rings is 1. The van der Waals surface area contributed by atoms with Gasteiger partial charge in [-0.2, -0.15) is 0 Å². The summed E-state index contributed by atoms with van der Waals surface area (Å²) in [5, 5.41) is 9.81. The van der Waals surface area contributed by atoms with Gasteiger partial charge in [-0.25, -0.2) is 4.79 Å². The molecule has 1 aliphatic heterocycles. The first-order valence-corrected chi connectivity index (χ1v) is 10.3. The van der Waals surface area contributed by atoms with E-state index in [-0.39, 0.29) is 17.5 Å². The Bertz CT molecular complexity index is 986. The van der Waals surface area contributed by atoms with Gasteiger partial charge < -0.3 is 23.9 Å². The number of ether oxygens (including phenoxy) is 3. The van der Waals surface area contributed by atoms with Crippen molar-refractivity contribution in [3.63, 3.8) is 0 Å². The van der Waals surface area contributed by atoms with Gasteiger partial charge >= 0.3 is 5.97 Å². The summed E-state index contributed by atoms with van der Waals surface area (Å²) in [4.78, 5) is 24.0. The van der Waals surface area contributed by atoms with Crippen molar-refractivity contribution < 1.29 is 24.1 Å². The number of halogens is 1. The molecule has 1 aromatic heterocycles. The third-order valence-corrected chi connectivity index (χ3v) is 5.73. The van der Waals surface area contributed by atoms with Crippen LogP contribution in [0, 0.1) is 5.92 Å². The van der Waals surface area contributed by atoms with Crippen molar-refractivity contribution in [3.05, 3.63) is 45.2 Å². The quantitative estimate of drug-likeness (QED) is 0.623. The van der Waals surface area contributed by atoms with Gasteiger partial charge in [0.05, 0.1) is 23.4 Å². The molecule has 2 heterocycles. The molecule has 1 N–H and O–H groups in total. The van der Waals surface area contributed by atoms with E-state index in [1.165, 1.54) is 12.3 Å². The highest BCUT2D eigenvalue weighted by atomic mass is 35.5. The molecule has 2 aromatic rings. The molecule has 7 nitrogen and oxygen atoms in total. The summed E-state index contributed by atoms with van der Waals surface area (Å²) in [5.74, 6) is -0.0170. The zero-order chi connectivity index (χ0) is 21.8. The van der Waals surface area contributed by atoms with Crippen LogP contribution in [-0.4, -0.2) is 42.6 Å². The van der Waals surface area contributed by atoms with Crippen molar-refractivity contribution in [3.8, 4) is 22.8 Å². The zero-order valence-corrected chi connectivity index (χ0v) is 18.1. The molecular formula is C22H26ClNO6. The monoisotopic (exact) mass is 435 g/mol. The largest absolute Gasteiger partial charge is 0.492 e. The Morgan fingerprint density at radius 2 is 2.13 bits per heavy atom. The molecule has 0 fully saturated rings. The number of carbonyl (C=O) groups is 1. The maximum absolute atomic E-state index is 12.5. The number of hydrogen-bond acceptors (Lipinski definition) is 5. The van der Waals surface area contributed by atoms with Crippen LogP contribution in [0.5, 0.6) is 11.5 Å². The Labute approximate surface area is 180 Å². The molecule has 3 rings (SSSR count). The van der Waals surface area contributed by atoms with Gasteiger partial charge in [-0.05, 0) is 12.0 Å². The number of carboxylic acids is 1. The van der Waals surface area contributed by atoms with Gasteiger partial charge in [-0.15, -0.1) is 0 Å². The summed E-state index contributed by atoms with van der Waals surface area (Å²) in [7, 11) is 1.63. The van der Waals surface area contributed by atoms with Crippen LogP contribution in [0.1, 0.15) is 43.1 Å². The molecule has 0 bridgehead atoms. The molecule has 30 heavy (non-hydrogen) atoms. The number of rotatable bonds is 8. The molecule has 1 aromatic carbocycles. The highest BCUT2D eigenvalue weighted by Gasteiger charge is 2.28. The Balaban J connectivity index is 2.10. The number of fused-ring (bicyclic) bond motifs is 3. The van der Waals surface area contributed by atoms with Crippen LogP contribution in [0.3, 0.4) is 0 Å². The van der Waals surface area contributed by atoms with Crippen molar-refractivity contribution in [1.82, 2.24) is 4.57 Å². The SMILES string of the molecule is CC[C@@H](C)C1COc2cc(OCCCOC)c(Cl)cc2-c2cc(=O)c(C(=O)O)cn21. The number of hydrogen-bond donors (Lipinski definition) is 1. The predicted molar refractivity (Wildman–Crippen MR) is 114 cm³/mol. The molecular weight excluding hydrogens is 410 g/mol. The van der Waals surface area contributed by atoms with Gasteiger partial charge in [-0.3, -0.25) is 4.79 Å². The van der Waals surface area contributed by atoms with Crippen molar-refractivity contribution >= 4 is 17.6 Å². The Kier molecular flexibility index (Phi) is 7.05. The first-order chi connectivity index (χ1) is 14.4. The van der Waals surface area contributed by atoms with E-state index in [4.69, 9.17) is 25.8 Å². The number of nitrogens with zero attached hydrogens (tertiary/aromatic N) is 1. The van der Waals surface area contributed by atoms with Crippen LogP contribution in [-0.2, 0) is 4.74 Å². The first kappa shape index (κ1) is 22.2. The molecule has 1 unspecified atom stereocenters. The highest BCUT2D eigenvalue weighted by molar-refractivity contribution is 6.32. The lowest BCUT2D eigenvalue weighted by Crippen LogP contribution is -2.26. The number of carboxylic acid groups (broad SMARTS) is 1. The standard InChI is InChI=1S/C22H26ClNO6/c1-4-13(2)18-12-30-20-10-21(29-7-5-6-28-3)16(23)8-14(20)17-9-19(25)15(22(26)27)11-24(17)18/h8-11,13,18H,4-7,12H2,1-3H3,(H,26,27)/t13-,18?/m1/s1. The van der Waals surface area contributed by atoms with Crippen LogP contribution < -0.4 is 14.9 Å². The van der Waals surface area contributed by atoms with Crippen molar-refractivity contribution in [1.29, 1.82) is 0 Å². The fraction of sp³-hybridized carbons (Fsp3) is 0.455. The van der Waals surface area contributed by atoms with E-state index in [0.717, 1.165) is 12.8 Å². The van der Waals surface area contributed by atoms with Gasteiger partial charge in [0.15, 0.2) is 5.43 Å². The number of aromatic carboxylic acids is 1. The zero-order valence-electron chi connectivity index (χ0n) is 17.3. The van der Waals surface area contributed by atoms with Crippen LogP contribution in [0.2, 0.25) is 5.02 Å². The van der Waals surface area contributed by atoms with E-state index in [2.05, 4.69) is 13.8 Å². The van der Waals surface area contributed by atoms with Crippen LogP contribution in [0.15, 0.2) is 29.2 Å². The fourth-order valence-electron chi connectivity index (χ4n) is 3.52. The molecule has 2 atom stereocenters. The lowest BCUT2D eigenvalue weighted by Gasteiger charge is -2.26. The summed E-state index contributed by atoms with van der Waals surface area (Å²) >= 11 is 6.45. The van der Waals surface area contributed by atoms with Gasteiger partial charge in [-0.1, -0.05) is 31.9 Å². The Hall–Kier alpha value is -2.51. The van der Waals surface area contributed by atoms with Gasteiger partial charge in [0.2, 0.25) is 0 Å². The Morgan fingerprint density at radius 3 is 2.80 bits per heavy atom. The molecule has 0 amide bonds. The Morgan fingerprint density at radius 1 is 1.37 bits per heavy atom. The number of aromatic nitrogens is 1. The molecule has 0 radical (unpaired) electrons. The first-order valence-electron chi connectivity index (χ1n) is 9.95. The summed E-state index contributed by atoms with van der Waals surface area (Å²) < 4.78 is 18.7. The van der Waals surface area contributed by atoms with E-state index in [1.807, 2.05) is 4.57 Å². The lowest BCUT2D eigenvalue weighted by atomic mass is 9.98. The third kappa shape index (κ3) is 4.47. The second-order valence-corrected chi connectivity index (χ2v) is 7.79.